The van der Waals surface area contributed by atoms with E-state index in [4.69, 9.17) is 4.74 Å². The molecule has 0 fully saturated rings. The number of carbonyl (C=O) groups excluding carboxylic acids is 1. The molecule has 0 radical (unpaired) electrons. The Kier molecular flexibility index (Phi) is 7.06. The number of carbonyl (C=O) groups is 1. The van der Waals surface area contributed by atoms with Crippen molar-refractivity contribution in [2.45, 2.75) is 11.8 Å². The molecule has 1 heterocycles. The molecule has 118 valence electrons. The molecule has 0 unspecified atom stereocenters. The lowest BCUT2D eigenvalue weighted by molar-refractivity contribution is -0.120. The van der Waals surface area contributed by atoms with Crippen molar-refractivity contribution < 1.29 is 17.9 Å². The molecule has 0 aliphatic heterocycles. The summed E-state index contributed by atoms with van der Waals surface area (Å²) >= 11 is 0. The molecule has 0 aliphatic carbocycles. The van der Waals surface area contributed by atoms with Gasteiger partial charge in [-0.1, -0.05) is 0 Å². The third kappa shape index (κ3) is 6.06. The molecule has 21 heavy (non-hydrogen) atoms. The van der Waals surface area contributed by atoms with Crippen molar-refractivity contribution in [3.05, 3.63) is 18.3 Å². The number of sulfonamides is 1. The van der Waals surface area contributed by atoms with Gasteiger partial charge in [0.2, 0.25) is 15.9 Å². The lowest BCUT2D eigenvalue weighted by Crippen LogP contribution is -2.38. The Bertz CT molecular complexity index is 562. The third-order valence-corrected chi connectivity index (χ3v) is 3.85. The van der Waals surface area contributed by atoms with Crippen LogP contribution in [0.5, 0.6) is 0 Å². The Labute approximate surface area is 124 Å². The van der Waals surface area contributed by atoms with Gasteiger partial charge in [-0.25, -0.2) is 18.1 Å². The topological polar surface area (TPSA) is 109 Å². The van der Waals surface area contributed by atoms with Gasteiger partial charge in [0.15, 0.2) is 0 Å². The molecule has 0 aromatic carbocycles. The molecule has 0 spiro atoms. The third-order valence-electron chi connectivity index (χ3n) is 2.45. The van der Waals surface area contributed by atoms with E-state index in [9.17, 15) is 13.2 Å². The number of hydrogen-bond donors (Lipinski definition) is 3. The monoisotopic (exact) mass is 316 g/mol. The summed E-state index contributed by atoms with van der Waals surface area (Å²) in [4.78, 5) is 15.5. The number of methoxy groups -OCH3 is 1. The van der Waals surface area contributed by atoms with Gasteiger partial charge in [0.1, 0.15) is 5.82 Å². The Hall–Kier alpha value is -1.71. The van der Waals surface area contributed by atoms with E-state index in [1.807, 2.05) is 6.92 Å². The molecule has 0 saturated carbocycles. The van der Waals surface area contributed by atoms with Gasteiger partial charge >= 0.3 is 0 Å². The maximum Gasteiger partial charge on any atom is 0.241 e. The number of hydrogen-bond acceptors (Lipinski definition) is 6. The van der Waals surface area contributed by atoms with E-state index < -0.39 is 15.9 Å². The van der Waals surface area contributed by atoms with Crippen molar-refractivity contribution in [2.24, 2.45) is 0 Å². The maximum atomic E-state index is 12.1. The zero-order chi connectivity index (χ0) is 15.7. The summed E-state index contributed by atoms with van der Waals surface area (Å²) in [6.07, 6.45) is 1.39. The van der Waals surface area contributed by atoms with Crippen LogP contribution in [0.1, 0.15) is 6.92 Å². The van der Waals surface area contributed by atoms with Crippen LogP contribution in [0.4, 0.5) is 5.82 Å². The van der Waals surface area contributed by atoms with E-state index in [0.717, 1.165) is 0 Å². The highest BCUT2D eigenvalue weighted by molar-refractivity contribution is 7.89. The minimum Gasteiger partial charge on any atom is -0.383 e. The van der Waals surface area contributed by atoms with Crippen LogP contribution < -0.4 is 15.4 Å². The highest BCUT2D eigenvalue weighted by atomic mass is 32.2. The van der Waals surface area contributed by atoms with E-state index in [1.165, 1.54) is 25.4 Å². The fraction of sp³-hybridized carbons (Fsp3) is 0.500. The Morgan fingerprint density at radius 3 is 2.86 bits per heavy atom. The number of nitrogens with zero attached hydrogens (tertiary/aromatic N) is 1. The molecule has 1 aromatic rings. The zero-order valence-corrected chi connectivity index (χ0v) is 12.9. The van der Waals surface area contributed by atoms with Crippen LogP contribution in [0.15, 0.2) is 23.2 Å². The van der Waals surface area contributed by atoms with Crippen molar-refractivity contribution in [3.8, 4) is 0 Å². The quantitative estimate of drug-likeness (QED) is 0.533. The summed E-state index contributed by atoms with van der Waals surface area (Å²) in [5.74, 6) is 0.0431. The minimum absolute atomic E-state index is 0.0538. The predicted molar refractivity (Wildman–Crippen MR) is 78.5 cm³/mol. The van der Waals surface area contributed by atoms with Crippen molar-refractivity contribution in [1.82, 2.24) is 15.0 Å². The maximum absolute atomic E-state index is 12.1. The summed E-state index contributed by atoms with van der Waals surface area (Å²) in [6, 6.07) is 2.78. The summed E-state index contributed by atoms with van der Waals surface area (Å²) in [5, 5.41) is 5.45. The summed E-state index contributed by atoms with van der Waals surface area (Å²) < 4.78 is 31.1. The van der Waals surface area contributed by atoms with Gasteiger partial charge in [-0.05, 0) is 13.0 Å². The molecule has 8 nitrogen and oxygen atoms in total. The van der Waals surface area contributed by atoms with Gasteiger partial charge in [-0.3, -0.25) is 4.79 Å². The first kappa shape index (κ1) is 17.3. The second-order valence-corrected chi connectivity index (χ2v) is 5.84. The number of rotatable bonds is 9. The fourth-order valence-electron chi connectivity index (χ4n) is 1.46. The second kappa shape index (κ2) is 8.55. The normalized spacial score (nSPS) is 11.1. The van der Waals surface area contributed by atoms with Crippen LogP contribution in [-0.4, -0.2) is 52.7 Å². The van der Waals surface area contributed by atoms with E-state index in [-0.39, 0.29) is 11.4 Å². The number of aromatic nitrogens is 1. The van der Waals surface area contributed by atoms with Crippen LogP contribution in [0.25, 0.3) is 0 Å². The first-order chi connectivity index (χ1) is 9.99. The predicted octanol–water partition coefficient (Wildman–Crippen LogP) is -0.446. The molecule has 1 amide bonds. The van der Waals surface area contributed by atoms with Gasteiger partial charge < -0.3 is 15.4 Å². The summed E-state index contributed by atoms with van der Waals surface area (Å²) in [5.41, 5.74) is 0. The highest BCUT2D eigenvalue weighted by Crippen LogP contribution is 2.12. The molecule has 0 bridgehead atoms. The van der Waals surface area contributed by atoms with E-state index in [1.54, 1.807) is 0 Å². The number of nitrogens with one attached hydrogen (secondary N) is 3. The molecule has 3 N–H and O–H groups in total. The standard InChI is InChI=1S/C12H20N4O4S/c1-3-13-11-8-10(4-5-14-11)21(18,19)16-9-12(17)15-6-7-20-2/h4-5,8,16H,3,6-7,9H2,1-2H3,(H,13,14)(H,15,17). The average Bonchev–Trinajstić information content (AvgIpc) is 2.46. The molecule has 0 saturated heterocycles. The lowest BCUT2D eigenvalue weighted by Gasteiger charge is -2.09. The lowest BCUT2D eigenvalue weighted by atomic mass is 10.4. The Balaban J connectivity index is 2.60. The zero-order valence-electron chi connectivity index (χ0n) is 12.0. The fourth-order valence-corrected chi connectivity index (χ4v) is 2.45. The van der Waals surface area contributed by atoms with Gasteiger partial charge in [0, 0.05) is 32.5 Å². The number of pyridine rings is 1. The van der Waals surface area contributed by atoms with Gasteiger partial charge in [-0.15, -0.1) is 0 Å². The largest absolute Gasteiger partial charge is 0.383 e. The SMILES string of the molecule is CCNc1cc(S(=O)(=O)NCC(=O)NCCOC)ccn1. The van der Waals surface area contributed by atoms with Crippen LogP contribution in [0, 0.1) is 0 Å². The smallest absolute Gasteiger partial charge is 0.241 e. The number of ether oxygens (including phenoxy) is 1. The molecule has 1 rings (SSSR count). The number of anilines is 1. The average molecular weight is 316 g/mol. The van der Waals surface area contributed by atoms with Crippen molar-refractivity contribution in [1.29, 1.82) is 0 Å². The van der Waals surface area contributed by atoms with E-state index >= 15 is 0 Å². The summed E-state index contributed by atoms with van der Waals surface area (Å²) in [7, 11) is -2.23. The van der Waals surface area contributed by atoms with Crippen LogP contribution in [0.3, 0.4) is 0 Å². The molecule has 0 aliphatic rings. The molecule has 1 aromatic heterocycles. The second-order valence-electron chi connectivity index (χ2n) is 4.07. The van der Waals surface area contributed by atoms with Gasteiger partial charge in [0.05, 0.1) is 18.0 Å². The number of amides is 1. The Morgan fingerprint density at radius 2 is 2.19 bits per heavy atom. The van der Waals surface area contributed by atoms with Crippen LogP contribution in [-0.2, 0) is 19.6 Å². The van der Waals surface area contributed by atoms with E-state index in [2.05, 4.69) is 20.3 Å². The minimum atomic E-state index is -3.75. The van der Waals surface area contributed by atoms with Crippen LogP contribution >= 0.6 is 0 Å². The van der Waals surface area contributed by atoms with Crippen molar-refractivity contribution >= 4 is 21.7 Å². The van der Waals surface area contributed by atoms with Gasteiger partial charge in [-0.2, -0.15) is 0 Å². The van der Waals surface area contributed by atoms with E-state index in [0.29, 0.717) is 25.5 Å². The first-order valence-electron chi connectivity index (χ1n) is 6.45. The highest BCUT2D eigenvalue weighted by Gasteiger charge is 2.16. The van der Waals surface area contributed by atoms with Gasteiger partial charge in [0.25, 0.3) is 0 Å². The van der Waals surface area contributed by atoms with Crippen LogP contribution in [0.2, 0.25) is 0 Å². The Morgan fingerprint density at radius 1 is 1.43 bits per heavy atom. The van der Waals surface area contributed by atoms with Crippen molar-refractivity contribution in [2.75, 3.05) is 38.7 Å². The molecular weight excluding hydrogens is 296 g/mol. The van der Waals surface area contributed by atoms with Crippen molar-refractivity contribution in [3.63, 3.8) is 0 Å². The molecule has 0 atom stereocenters. The summed E-state index contributed by atoms with van der Waals surface area (Å²) in [6.45, 7) is 2.88. The molecule has 9 heteroatoms. The molecular formula is C12H20N4O4S. The first-order valence-corrected chi connectivity index (χ1v) is 7.93.